The van der Waals surface area contributed by atoms with E-state index in [1.165, 1.54) is 0 Å². The molecule has 4 rings (SSSR count). The van der Waals surface area contributed by atoms with Crippen LogP contribution < -0.4 is 10.6 Å². The number of aromatic nitrogens is 5. The van der Waals surface area contributed by atoms with Gasteiger partial charge in [-0.1, -0.05) is 30.3 Å². The van der Waals surface area contributed by atoms with Crippen molar-refractivity contribution in [2.24, 2.45) is 0 Å². The predicted molar refractivity (Wildman–Crippen MR) is 124 cm³/mol. The Morgan fingerprint density at radius 2 is 1.75 bits per heavy atom. The van der Waals surface area contributed by atoms with Gasteiger partial charge in [0.2, 0.25) is 5.95 Å². The Balaban J connectivity index is 1.58. The van der Waals surface area contributed by atoms with Crippen LogP contribution in [0.25, 0.3) is 22.4 Å². The van der Waals surface area contributed by atoms with E-state index in [0.717, 1.165) is 16.8 Å². The van der Waals surface area contributed by atoms with Crippen molar-refractivity contribution in [3.63, 3.8) is 0 Å². The van der Waals surface area contributed by atoms with Crippen LogP contribution >= 0.6 is 0 Å². The smallest absolute Gasteiger partial charge is 0.227 e. The number of benzene rings is 1. The Kier molecular flexibility index (Phi) is 6.58. The summed E-state index contributed by atoms with van der Waals surface area (Å²) in [5, 5.41) is 25.2. The van der Waals surface area contributed by atoms with Crippen LogP contribution in [0.15, 0.2) is 55.0 Å². The molecule has 0 saturated heterocycles. The summed E-state index contributed by atoms with van der Waals surface area (Å²) >= 11 is 0. The van der Waals surface area contributed by atoms with E-state index < -0.39 is 6.04 Å². The third-order valence-electron chi connectivity index (χ3n) is 5.13. The zero-order valence-corrected chi connectivity index (χ0v) is 18.1. The summed E-state index contributed by atoms with van der Waals surface area (Å²) in [5.41, 5.74) is 4.42. The molecule has 0 atom stereocenters. The summed E-state index contributed by atoms with van der Waals surface area (Å²) in [5.74, 6) is 0.904. The van der Waals surface area contributed by atoms with Gasteiger partial charge in [0.05, 0.1) is 31.3 Å². The highest BCUT2D eigenvalue weighted by molar-refractivity contribution is 5.84. The molecule has 32 heavy (non-hydrogen) atoms. The number of hydrogen-bond donors (Lipinski definition) is 4. The van der Waals surface area contributed by atoms with Gasteiger partial charge in [0, 0.05) is 24.3 Å². The van der Waals surface area contributed by atoms with Crippen molar-refractivity contribution in [1.29, 1.82) is 0 Å². The number of hydrogen-bond acceptors (Lipinski definition) is 8. The number of rotatable bonds is 9. The minimum absolute atomic E-state index is 0.168. The highest BCUT2D eigenvalue weighted by atomic mass is 16.3. The van der Waals surface area contributed by atoms with E-state index in [-0.39, 0.29) is 19.3 Å². The lowest BCUT2D eigenvalue weighted by Gasteiger charge is -2.15. The van der Waals surface area contributed by atoms with Crippen molar-refractivity contribution in [2.75, 3.05) is 23.8 Å². The Morgan fingerprint density at radius 3 is 2.41 bits per heavy atom. The van der Waals surface area contributed by atoms with Crippen molar-refractivity contribution in [3.8, 4) is 11.3 Å². The van der Waals surface area contributed by atoms with E-state index >= 15 is 0 Å². The van der Waals surface area contributed by atoms with Crippen LogP contribution in [0.2, 0.25) is 0 Å². The van der Waals surface area contributed by atoms with Gasteiger partial charge in [-0.15, -0.1) is 0 Å². The van der Waals surface area contributed by atoms with Crippen molar-refractivity contribution >= 4 is 22.9 Å². The Labute approximate surface area is 186 Å². The minimum Gasteiger partial charge on any atom is -0.394 e. The Morgan fingerprint density at radius 1 is 0.969 bits per heavy atom. The largest absolute Gasteiger partial charge is 0.394 e. The molecule has 0 aliphatic heterocycles. The standard InChI is InChI=1S/C23H27N7O2/c1-15(2)30-14-26-20-21(28-23(29-22(20)30)27-18(12-31)13-32)25-11-16-6-8-17(9-7-16)19-5-3-4-10-24-19/h3-10,14-15,18,31-32H,11-13H2,1-2H3,(H2,25,27,28,29). The molecule has 4 aromatic rings. The molecular formula is C23H27N7O2. The van der Waals surface area contributed by atoms with Gasteiger partial charge in [0.1, 0.15) is 0 Å². The summed E-state index contributed by atoms with van der Waals surface area (Å²) in [4.78, 5) is 18.0. The van der Waals surface area contributed by atoms with Crippen LogP contribution in [-0.2, 0) is 6.54 Å². The fourth-order valence-corrected chi connectivity index (χ4v) is 3.33. The molecule has 0 bridgehead atoms. The number of fused-ring (bicyclic) bond motifs is 1. The fraction of sp³-hybridized carbons (Fsp3) is 0.304. The van der Waals surface area contributed by atoms with Crippen molar-refractivity contribution in [2.45, 2.75) is 32.5 Å². The number of anilines is 2. The molecule has 4 N–H and O–H groups in total. The first kappa shape index (κ1) is 21.7. The summed E-state index contributed by atoms with van der Waals surface area (Å²) in [6, 6.07) is 13.7. The van der Waals surface area contributed by atoms with Gasteiger partial charge in [-0.25, -0.2) is 4.98 Å². The molecule has 9 heteroatoms. The second-order valence-electron chi connectivity index (χ2n) is 7.79. The average molecular weight is 434 g/mol. The highest BCUT2D eigenvalue weighted by Crippen LogP contribution is 2.24. The molecule has 0 aliphatic rings. The first-order chi connectivity index (χ1) is 15.6. The van der Waals surface area contributed by atoms with E-state index in [1.54, 1.807) is 12.5 Å². The summed E-state index contributed by atoms with van der Waals surface area (Å²) in [7, 11) is 0. The number of aliphatic hydroxyl groups is 2. The molecule has 0 aliphatic carbocycles. The molecule has 0 fully saturated rings. The second kappa shape index (κ2) is 9.71. The van der Waals surface area contributed by atoms with Gasteiger partial charge < -0.3 is 25.4 Å². The van der Waals surface area contributed by atoms with Crippen LogP contribution in [0.5, 0.6) is 0 Å². The minimum atomic E-state index is -0.546. The summed E-state index contributed by atoms with van der Waals surface area (Å²) in [6.45, 7) is 4.19. The topological polar surface area (TPSA) is 121 Å². The maximum absolute atomic E-state index is 9.41. The summed E-state index contributed by atoms with van der Waals surface area (Å²) in [6.07, 6.45) is 3.53. The molecule has 3 heterocycles. The zero-order valence-electron chi connectivity index (χ0n) is 18.1. The number of nitrogens with zero attached hydrogens (tertiary/aromatic N) is 5. The monoisotopic (exact) mass is 433 g/mol. The summed E-state index contributed by atoms with van der Waals surface area (Å²) < 4.78 is 1.96. The fourth-order valence-electron chi connectivity index (χ4n) is 3.33. The third-order valence-corrected chi connectivity index (χ3v) is 5.13. The molecular weight excluding hydrogens is 406 g/mol. The van der Waals surface area contributed by atoms with Crippen molar-refractivity contribution in [1.82, 2.24) is 24.5 Å². The van der Waals surface area contributed by atoms with Crippen molar-refractivity contribution in [3.05, 3.63) is 60.6 Å². The van der Waals surface area contributed by atoms with Gasteiger partial charge >= 0.3 is 0 Å². The van der Waals surface area contributed by atoms with E-state index in [9.17, 15) is 10.2 Å². The average Bonchev–Trinajstić information content (AvgIpc) is 3.26. The molecule has 0 unspecified atom stereocenters. The Bertz CT molecular complexity index is 1160. The molecule has 3 aromatic heterocycles. The first-order valence-electron chi connectivity index (χ1n) is 10.6. The number of nitrogens with one attached hydrogen (secondary N) is 2. The van der Waals surface area contributed by atoms with E-state index in [0.29, 0.717) is 29.5 Å². The maximum atomic E-state index is 9.41. The number of aliphatic hydroxyl groups excluding tert-OH is 2. The second-order valence-corrected chi connectivity index (χ2v) is 7.79. The molecule has 166 valence electrons. The SMILES string of the molecule is CC(C)n1cnc2c(NCc3ccc(-c4ccccn4)cc3)nc(NC(CO)CO)nc21. The van der Waals surface area contributed by atoms with Crippen LogP contribution in [0.3, 0.4) is 0 Å². The molecule has 9 nitrogen and oxygen atoms in total. The molecule has 0 amide bonds. The number of pyridine rings is 1. The lowest BCUT2D eigenvalue weighted by atomic mass is 10.1. The van der Waals surface area contributed by atoms with Gasteiger partial charge in [-0.2, -0.15) is 9.97 Å². The van der Waals surface area contributed by atoms with Crippen LogP contribution in [0, 0.1) is 0 Å². The van der Waals surface area contributed by atoms with Crippen LogP contribution in [-0.4, -0.2) is 54.0 Å². The lowest BCUT2D eigenvalue weighted by Crippen LogP contribution is -2.28. The zero-order chi connectivity index (χ0) is 22.5. The lowest BCUT2D eigenvalue weighted by molar-refractivity contribution is 0.203. The first-order valence-corrected chi connectivity index (χ1v) is 10.6. The third kappa shape index (κ3) is 4.68. The van der Waals surface area contributed by atoms with Gasteiger partial charge in [-0.3, -0.25) is 4.98 Å². The van der Waals surface area contributed by atoms with Crippen LogP contribution in [0.1, 0.15) is 25.5 Å². The van der Waals surface area contributed by atoms with Gasteiger partial charge in [0.15, 0.2) is 17.0 Å². The number of imidazole rings is 1. The molecule has 0 spiro atoms. The van der Waals surface area contributed by atoms with Crippen LogP contribution in [0.4, 0.5) is 11.8 Å². The van der Waals surface area contributed by atoms with Gasteiger partial charge in [-0.05, 0) is 31.5 Å². The van der Waals surface area contributed by atoms with Gasteiger partial charge in [0.25, 0.3) is 0 Å². The maximum Gasteiger partial charge on any atom is 0.227 e. The predicted octanol–water partition coefficient (Wildman–Crippen LogP) is 2.85. The molecule has 0 radical (unpaired) electrons. The van der Waals surface area contributed by atoms with Crippen molar-refractivity contribution < 1.29 is 10.2 Å². The Hall–Kier alpha value is -3.56. The molecule has 1 aromatic carbocycles. The quantitative estimate of drug-likeness (QED) is 0.318. The highest BCUT2D eigenvalue weighted by Gasteiger charge is 2.16. The molecule has 0 saturated carbocycles. The van der Waals surface area contributed by atoms with E-state index in [1.807, 2.05) is 34.9 Å². The van der Waals surface area contributed by atoms with E-state index in [4.69, 9.17) is 0 Å². The normalized spacial score (nSPS) is 11.4. The van der Waals surface area contributed by atoms with E-state index in [2.05, 4.69) is 56.5 Å².